The lowest BCUT2D eigenvalue weighted by Gasteiger charge is -2.10. The topological polar surface area (TPSA) is 59.2 Å². The summed E-state index contributed by atoms with van der Waals surface area (Å²) in [5.41, 5.74) is 9.84. The van der Waals surface area contributed by atoms with E-state index in [0.29, 0.717) is 5.13 Å². The Bertz CT molecular complexity index is 692. The van der Waals surface area contributed by atoms with Gasteiger partial charge in [-0.1, -0.05) is 13.0 Å². The predicted molar refractivity (Wildman–Crippen MR) is 83.1 cm³/mol. The van der Waals surface area contributed by atoms with Crippen molar-refractivity contribution >= 4 is 28.1 Å². The van der Waals surface area contributed by atoms with Gasteiger partial charge in [-0.2, -0.15) is 0 Å². The molecule has 0 aliphatic carbocycles. The van der Waals surface area contributed by atoms with Crippen LogP contribution in [0.2, 0.25) is 0 Å². The van der Waals surface area contributed by atoms with Gasteiger partial charge in [-0.15, -0.1) is 11.3 Å². The molecule has 0 fully saturated rings. The molecule has 1 aromatic heterocycles. The molecule has 104 valence electrons. The van der Waals surface area contributed by atoms with Crippen molar-refractivity contribution in [2.75, 3.05) is 17.7 Å². The van der Waals surface area contributed by atoms with Crippen LogP contribution in [0.3, 0.4) is 0 Å². The van der Waals surface area contributed by atoms with Gasteiger partial charge in [0, 0.05) is 23.2 Å². The minimum absolute atomic E-state index is 0.0359. The number of nitrogens with two attached hydrogens (primary N) is 1. The maximum Gasteiger partial charge on any atom is 0.234 e. The Morgan fingerprint density at radius 2 is 2.20 bits per heavy atom. The number of amides is 1. The van der Waals surface area contributed by atoms with Crippen molar-refractivity contribution in [3.63, 3.8) is 0 Å². The summed E-state index contributed by atoms with van der Waals surface area (Å²) in [7, 11) is 1.84. The highest BCUT2D eigenvalue weighted by atomic mass is 32.1. The zero-order valence-electron chi connectivity index (χ0n) is 11.8. The van der Waals surface area contributed by atoms with Gasteiger partial charge in [0.1, 0.15) is 0 Å². The molecule has 0 radical (unpaired) electrons. The number of nitrogens with zero attached hydrogens (tertiary/aromatic N) is 2. The van der Waals surface area contributed by atoms with Crippen LogP contribution in [-0.4, -0.2) is 17.9 Å². The van der Waals surface area contributed by atoms with Gasteiger partial charge in [0.05, 0.1) is 11.6 Å². The number of benzene rings is 1. The van der Waals surface area contributed by atoms with Crippen molar-refractivity contribution in [2.24, 2.45) is 0 Å². The molecule has 5 heteroatoms. The molecule has 20 heavy (non-hydrogen) atoms. The zero-order chi connectivity index (χ0) is 14.4. The van der Waals surface area contributed by atoms with Crippen LogP contribution in [0.1, 0.15) is 29.7 Å². The number of nitrogen functional groups attached to an aromatic ring is 1. The molecule has 1 amide bonds. The highest BCUT2D eigenvalue weighted by molar-refractivity contribution is 7.15. The Labute approximate surface area is 122 Å². The summed E-state index contributed by atoms with van der Waals surface area (Å²) in [6.07, 6.45) is 0.817. The minimum atomic E-state index is -0.0359. The molecule has 2 N–H and O–H groups in total. The maximum absolute atomic E-state index is 12.2. The number of rotatable bonds is 2. The molecular weight excluding hydrogens is 270 g/mol. The lowest BCUT2D eigenvalue weighted by molar-refractivity contribution is -0.119. The summed E-state index contributed by atoms with van der Waals surface area (Å²) < 4.78 is 0. The molecule has 0 bridgehead atoms. The van der Waals surface area contributed by atoms with Crippen LogP contribution in [0.25, 0.3) is 11.3 Å². The van der Waals surface area contributed by atoms with Gasteiger partial charge >= 0.3 is 0 Å². The largest absolute Gasteiger partial charge is 0.375 e. The van der Waals surface area contributed by atoms with Crippen molar-refractivity contribution < 1.29 is 4.79 Å². The van der Waals surface area contributed by atoms with Crippen molar-refractivity contribution in [1.29, 1.82) is 0 Å². The van der Waals surface area contributed by atoms with Crippen molar-refractivity contribution in [3.8, 4) is 11.3 Å². The van der Waals surface area contributed by atoms with Gasteiger partial charge in [-0.3, -0.25) is 4.79 Å². The number of hydrogen-bond donors (Lipinski definition) is 1. The molecule has 1 aliphatic rings. The van der Waals surface area contributed by atoms with Gasteiger partial charge in [-0.25, -0.2) is 4.98 Å². The number of aryl methyl sites for hydroxylation is 1. The van der Waals surface area contributed by atoms with Gasteiger partial charge in [0.25, 0.3) is 0 Å². The number of hydrogen-bond acceptors (Lipinski definition) is 4. The maximum atomic E-state index is 12.2. The average Bonchev–Trinajstić information content (AvgIpc) is 2.88. The monoisotopic (exact) mass is 287 g/mol. The quantitative estimate of drug-likeness (QED) is 0.923. The Morgan fingerprint density at radius 1 is 1.45 bits per heavy atom. The fourth-order valence-electron chi connectivity index (χ4n) is 2.85. The predicted octanol–water partition coefficient (Wildman–Crippen LogP) is 3.17. The number of likely N-dealkylation sites (N-methyl/N-ethyl adjacent to an activating group) is 1. The van der Waals surface area contributed by atoms with Gasteiger partial charge < -0.3 is 10.6 Å². The summed E-state index contributed by atoms with van der Waals surface area (Å²) in [6.45, 7) is 4.06. The van der Waals surface area contributed by atoms with Crippen LogP contribution in [0, 0.1) is 6.92 Å². The molecule has 0 saturated heterocycles. The highest BCUT2D eigenvalue weighted by Crippen LogP contribution is 2.41. The first-order valence-corrected chi connectivity index (χ1v) is 7.49. The lowest BCUT2D eigenvalue weighted by Crippen LogP contribution is -2.23. The molecule has 1 atom stereocenters. The van der Waals surface area contributed by atoms with E-state index in [1.807, 2.05) is 33.0 Å². The fraction of sp³-hybridized carbons (Fsp3) is 0.333. The molecule has 4 nitrogen and oxygen atoms in total. The van der Waals surface area contributed by atoms with E-state index in [9.17, 15) is 4.79 Å². The molecule has 1 aromatic carbocycles. The molecule has 0 spiro atoms. The fourth-order valence-corrected chi connectivity index (χ4v) is 3.56. The number of aromatic nitrogens is 1. The smallest absolute Gasteiger partial charge is 0.234 e. The second-order valence-electron chi connectivity index (χ2n) is 5.09. The molecule has 0 saturated carbocycles. The summed E-state index contributed by atoms with van der Waals surface area (Å²) >= 11 is 1.49. The Morgan fingerprint density at radius 3 is 2.80 bits per heavy atom. The van der Waals surface area contributed by atoms with E-state index in [2.05, 4.69) is 11.1 Å². The Hall–Kier alpha value is -1.88. The van der Waals surface area contributed by atoms with Crippen LogP contribution in [-0.2, 0) is 4.79 Å². The van der Waals surface area contributed by atoms with Crippen molar-refractivity contribution in [2.45, 2.75) is 26.2 Å². The molecular formula is C15H17N3OS. The summed E-state index contributed by atoms with van der Waals surface area (Å²) in [5.74, 6) is 0.139. The number of fused-ring (bicyclic) bond motifs is 1. The van der Waals surface area contributed by atoms with Crippen LogP contribution in [0.4, 0.5) is 10.8 Å². The van der Waals surface area contributed by atoms with Crippen LogP contribution >= 0.6 is 11.3 Å². The van der Waals surface area contributed by atoms with Crippen LogP contribution < -0.4 is 10.6 Å². The third-order valence-electron chi connectivity index (χ3n) is 3.89. The lowest BCUT2D eigenvalue weighted by atomic mass is 9.95. The Kier molecular flexibility index (Phi) is 3.01. The number of thiazole rings is 1. The summed E-state index contributed by atoms with van der Waals surface area (Å²) in [4.78, 5) is 19.4. The van der Waals surface area contributed by atoms with E-state index >= 15 is 0 Å². The van der Waals surface area contributed by atoms with E-state index in [0.717, 1.165) is 33.8 Å². The molecule has 2 aromatic rings. The first-order valence-electron chi connectivity index (χ1n) is 6.67. The SMILES string of the molecule is CCC1C(=O)N(C)c2ccc(-c3nc(N)sc3C)cc21. The number of anilines is 2. The van der Waals surface area contributed by atoms with E-state index in [-0.39, 0.29) is 11.8 Å². The third kappa shape index (κ3) is 1.81. The Balaban J connectivity index is 2.13. The first kappa shape index (κ1) is 13.1. The molecule has 1 unspecified atom stereocenters. The zero-order valence-corrected chi connectivity index (χ0v) is 12.6. The standard InChI is InChI=1S/C15H17N3OS/c1-4-10-11-7-9(13-8(2)20-15(16)17-13)5-6-12(11)18(3)14(10)19/h5-7,10H,4H2,1-3H3,(H2,16,17). The molecule has 2 heterocycles. The van der Waals surface area contributed by atoms with E-state index in [1.54, 1.807) is 4.90 Å². The number of carbonyl (C=O) groups is 1. The molecule has 3 rings (SSSR count). The van der Waals surface area contributed by atoms with Crippen molar-refractivity contribution in [3.05, 3.63) is 28.6 Å². The van der Waals surface area contributed by atoms with Crippen LogP contribution in [0.15, 0.2) is 18.2 Å². The van der Waals surface area contributed by atoms with E-state index in [1.165, 1.54) is 11.3 Å². The second-order valence-corrected chi connectivity index (χ2v) is 6.32. The molecule has 1 aliphatic heterocycles. The normalized spacial score (nSPS) is 17.6. The second kappa shape index (κ2) is 4.59. The van der Waals surface area contributed by atoms with E-state index < -0.39 is 0 Å². The third-order valence-corrected chi connectivity index (χ3v) is 4.69. The summed E-state index contributed by atoms with van der Waals surface area (Å²) in [6, 6.07) is 6.11. The average molecular weight is 287 g/mol. The summed E-state index contributed by atoms with van der Waals surface area (Å²) in [5, 5.41) is 0.582. The van der Waals surface area contributed by atoms with Gasteiger partial charge in [0.2, 0.25) is 5.91 Å². The van der Waals surface area contributed by atoms with E-state index in [4.69, 9.17) is 5.73 Å². The number of carbonyl (C=O) groups excluding carboxylic acids is 1. The van der Waals surface area contributed by atoms with Gasteiger partial charge in [-0.05, 0) is 31.0 Å². The highest BCUT2D eigenvalue weighted by Gasteiger charge is 2.34. The van der Waals surface area contributed by atoms with Crippen LogP contribution in [0.5, 0.6) is 0 Å². The van der Waals surface area contributed by atoms with Crippen molar-refractivity contribution in [1.82, 2.24) is 4.98 Å². The minimum Gasteiger partial charge on any atom is -0.375 e. The van der Waals surface area contributed by atoms with Gasteiger partial charge in [0.15, 0.2) is 5.13 Å². The first-order chi connectivity index (χ1) is 9.52.